The lowest BCUT2D eigenvalue weighted by Crippen LogP contribution is -2.40. The van der Waals surface area contributed by atoms with Crippen LogP contribution in [-0.4, -0.2) is 66.2 Å². The molecule has 6 heterocycles. The summed E-state index contributed by atoms with van der Waals surface area (Å²) in [6.45, 7) is 12.3. The maximum absolute atomic E-state index is 12.7. The fourth-order valence-corrected chi connectivity index (χ4v) is 8.88. The van der Waals surface area contributed by atoms with Gasteiger partial charge in [-0.15, -0.1) is 22.7 Å². The summed E-state index contributed by atoms with van der Waals surface area (Å²) in [6, 6.07) is 3.14. The quantitative estimate of drug-likeness (QED) is 0.203. The number of halogens is 2. The van der Waals surface area contributed by atoms with E-state index in [-0.39, 0.29) is 35.4 Å². The molecule has 0 aromatic carbocycles. The van der Waals surface area contributed by atoms with Crippen LogP contribution in [0.15, 0.2) is 29.3 Å². The van der Waals surface area contributed by atoms with Gasteiger partial charge in [0.2, 0.25) is 0 Å². The molecule has 12 nitrogen and oxygen atoms in total. The molecule has 2 atom stereocenters. The van der Waals surface area contributed by atoms with Crippen molar-refractivity contribution >= 4 is 87.2 Å². The van der Waals surface area contributed by atoms with Crippen LogP contribution in [0.1, 0.15) is 117 Å². The Labute approximate surface area is 315 Å². The second-order valence-electron chi connectivity index (χ2n) is 14.5. The lowest BCUT2D eigenvalue weighted by atomic mass is 10.1. The normalized spacial score (nSPS) is 19.0. The number of likely N-dealkylation sites (tertiary alicyclic amines) is 2. The van der Waals surface area contributed by atoms with Crippen molar-refractivity contribution in [2.75, 3.05) is 13.1 Å². The molecule has 0 radical (unpaired) electrons. The highest BCUT2D eigenvalue weighted by Gasteiger charge is 2.34. The fraction of sp³-hybridized carbons (Fsp3) is 0.588. The molecule has 0 aliphatic carbocycles. The van der Waals surface area contributed by atoms with Crippen LogP contribution in [0.5, 0.6) is 0 Å². The number of H-pyrrole nitrogens is 2. The number of nitrogens with zero attached hydrogens (tertiary/aromatic N) is 4. The number of thiophene rings is 2. The number of fused-ring (bicyclic) bond motifs is 2. The molecule has 272 valence electrons. The molecule has 6 rings (SSSR count). The molecule has 50 heavy (non-hydrogen) atoms. The standard InChI is InChI=1S/2C17H22BrN3O3S/c2*1-17(2,3)24-16(23)21-8-6-4-5-7-11(21)14-19-10-9-12(18)25-13(10)15(22)20-14/h2*9,11H,4-8H2,1-3H3,(H,19,20,22). The molecule has 2 unspecified atom stereocenters. The third kappa shape index (κ3) is 9.73. The zero-order valence-electron chi connectivity index (χ0n) is 29.2. The largest absolute Gasteiger partial charge is 0.444 e. The Bertz CT molecular complexity index is 1820. The van der Waals surface area contributed by atoms with Crippen molar-refractivity contribution in [3.05, 3.63) is 52.1 Å². The van der Waals surface area contributed by atoms with Crippen molar-refractivity contribution in [3.63, 3.8) is 0 Å². The molecule has 4 aromatic rings. The van der Waals surface area contributed by atoms with Crippen LogP contribution in [0.2, 0.25) is 0 Å². The summed E-state index contributed by atoms with van der Waals surface area (Å²) in [6.07, 6.45) is 6.73. The minimum Gasteiger partial charge on any atom is -0.444 e. The molecule has 0 spiro atoms. The van der Waals surface area contributed by atoms with Gasteiger partial charge >= 0.3 is 12.2 Å². The summed E-state index contributed by atoms with van der Waals surface area (Å²) in [5, 5.41) is 0. The van der Waals surface area contributed by atoms with Gasteiger partial charge in [-0.3, -0.25) is 19.4 Å². The van der Waals surface area contributed by atoms with E-state index in [1.165, 1.54) is 22.7 Å². The van der Waals surface area contributed by atoms with Crippen LogP contribution in [-0.2, 0) is 9.47 Å². The average Bonchev–Trinajstić information content (AvgIpc) is 3.34. The zero-order chi connectivity index (χ0) is 36.4. The Morgan fingerprint density at radius 1 is 0.700 bits per heavy atom. The maximum atomic E-state index is 12.7. The number of carbonyl (C=O) groups excluding carboxylic acids is 2. The lowest BCUT2D eigenvalue weighted by Gasteiger charge is -2.31. The number of carbonyl (C=O) groups is 2. The van der Waals surface area contributed by atoms with E-state index in [0.29, 0.717) is 45.2 Å². The van der Waals surface area contributed by atoms with E-state index in [1.807, 2.05) is 53.7 Å². The van der Waals surface area contributed by atoms with Gasteiger partial charge in [-0.05, 0) is 111 Å². The monoisotopic (exact) mass is 854 g/mol. The first-order chi connectivity index (χ1) is 23.5. The molecule has 0 saturated carbocycles. The highest BCUT2D eigenvalue weighted by Crippen LogP contribution is 2.33. The lowest BCUT2D eigenvalue weighted by molar-refractivity contribution is 0.0145. The Morgan fingerprint density at radius 2 is 1.08 bits per heavy atom. The molecule has 2 aliphatic heterocycles. The second-order valence-corrected chi connectivity index (χ2v) is 19.4. The average molecular weight is 857 g/mol. The number of amides is 2. The van der Waals surface area contributed by atoms with Crippen LogP contribution < -0.4 is 11.1 Å². The predicted molar refractivity (Wildman–Crippen MR) is 204 cm³/mol. The van der Waals surface area contributed by atoms with Crippen LogP contribution in [0, 0.1) is 0 Å². The molecule has 2 saturated heterocycles. The number of aromatic amines is 2. The van der Waals surface area contributed by atoms with Gasteiger partial charge in [0.25, 0.3) is 11.1 Å². The number of ether oxygens (including phenoxy) is 2. The maximum Gasteiger partial charge on any atom is 0.410 e. The number of hydrogen-bond acceptors (Lipinski definition) is 10. The Balaban J connectivity index is 0.000000194. The van der Waals surface area contributed by atoms with Gasteiger partial charge in [-0.2, -0.15) is 0 Å². The number of hydrogen-bond donors (Lipinski definition) is 2. The molecule has 2 fully saturated rings. The van der Waals surface area contributed by atoms with Crippen LogP contribution in [0.4, 0.5) is 9.59 Å². The van der Waals surface area contributed by atoms with E-state index >= 15 is 0 Å². The van der Waals surface area contributed by atoms with Crippen LogP contribution >= 0.6 is 54.5 Å². The third-order valence-corrected chi connectivity index (χ3v) is 11.4. The minimum atomic E-state index is -0.559. The van der Waals surface area contributed by atoms with E-state index in [1.54, 1.807) is 9.80 Å². The van der Waals surface area contributed by atoms with E-state index in [9.17, 15) is 19.2 Å². The first kappa shape index (κ1) is 38.4. The summed E-state index contributed by atoms with van der Waals surface area (Å²) in [5.41, 5.74) is -0.130. The summed E-state index contributed by atoms with van der Waals surface area (Å²) in [5.74, 6) is 1.08. The summed E-state index contributed by atoms with van der Waals surface area (Å²) in [4.78, 5) is 68.6. The second kappa shape index (κ2) is 15.8. The summed E-state index contributed by atoms with van der Waals surface area (Å²) < 4.78 is 14.0. The zero-order valence-corrected chi connectivity index (χ0v) is 34.0. The van der Waals surface area contributed by atoms with Gasteiger partial charge in [0.15, 0.2) is 0 Å². The van der Waals surface area contributed by atoms with Gasteiger partial charge in [0, 0.05) is 13.1 Å². The predicted octanol–water partition coefficient (Wildman–Crippen LogP) is 9.20. The van der Waals surface area contributed by atoms with Gasteiger partial charge in [-0.1, -0.05) is 25.7 Å². The fourth-order valence-electron chi connectivity index (χ4n) is 6.04. The topological polar surface area (TPSA) is 151 Å². The molecule has 4 aromatic heterocycles. The molecule has 2 amide bonds. The molecule has 2 aliphatic rings. The van der Waals surface area contributed by atoms with Crippen molar-refractivity contribution in [2.45, 2.75) is 116 Å². The number of aromatic nitrogens is 4. The minimum absolute atomic E-state index is 0.163. The van der Waals surface area contributed by atoms with Crippen molar-refractivity contribution in [1.82, 2.24) is 29.7 Å². The summed E-state index contributed by atoms with van der Waals surface area (Å²) >= 11 is 9.52. The third-order valence-electron chi connectivity index (χ3n) is 8.14. The van der Waals surface area contributed by atoms with E-state index in [2.05, 4.69) is 51.8 Å². The smallest absolute Gasteiger partial charge is 0.410 e. The molecular formula is C34H44Br2N6O6S2. The highest BCUT2D eigenvalue weighted by molar-refractivity contribution is 9.11. The Kier molecular flexibility index (Phi) is 12.2. The van der Waals surface area contributed by atoms with Crippen LogP contribution in [0.3, 0.4) is 0 Å². The van der Waals surface area contributed by atoms with Crippen molar-refractivity contribution in [1.29, 1.82) is 0 Å². The molecular weight excluding hydrogens is 812 g/mol. The van der Waals surface area contributed by atoms with Crippen LogP contribution in [0.25, 0.3) is 20.4 Å². The molecule has 2 N–H and O–H groups in total. The molecule has 0 bridgehead atoms. The van der Waals surface area contributed by atoms with E-state index < -0.39 is 11.2 Å². The van der Waals surface area contributed by atoms with Gasteiger partial charge in [0.05, 0.1) is 30.7 Å². The van der Waals surface area contributed by atoms with Gasteiger partial charge < -0.3 is 19.4 Å². The molecule has 16 heteroatoms. The van der Waals surface area contributed by atoms with Crippen molar-refractivity contribution in [2.24, 2.45) is 0 Å². The summed E-state index contributed by atoms with van der Waals surface area (Å²) in [7, 11) is 0. The van der Waals surface area contributed by atoms with Crippen molar-refractivity contribution < 1.29 is 19.1 Å². The number of nitrogens with one attached hydrogen (secondary N) is 2. The highest BCUT2D eigenvalue weighted by atomic mass is 79.9. The number of rotatable bonds is 2. The van der Waals surface area contributed by atoms with E-state index in [4.69, 9.17) is 9.47 Å². The van der Waals surface area contributed by atoms with E-state index in [0.717, 1.165) is 58.9 Å². The van der Waals surface area contributed by atoms with Gasteiger partial charge in [0.1, 0.15) is 32.3 Å². The first-order valence-corrected chi connectivity index (χ1v) is 20.1. The first-order valence-electron chi connectivity index (χ1n) is 16.9. The van der Waals surface area contributed by atoms with Crippen molar-refractivity contribution in [3.8, 4) is 0 Å². The SMILES string of the molecule is CC(C)(C)OC(=O)N1CCCCCC1c1nc2cc(Br)sc2c(=O)[nH]1.CC(C)(C)OC(=O)N1CCCCCC1c1nc2cc(Br)sc2c(=O)[nH]1. The Hall–Kier alpha value is -2.82. The Morgan fingerprint density at radius 3 is 1.44 bits per heavy atom. The van der Waals surface area contributed by atoms with Gasteiger partial charge in [-0.25, -0.2) is 19.6 Å².